The van der Waals surface area contributed by atoms with Gasteiger partial charge in [-0.1, -0.05) is 11.6 Å². The summed E-state index contributed by atoms with van der Waals surface area (Å²) in [7, 11) is 0. The molecule has 0 spiro atoms. The van der Waals surface area contributed by atoms with Gasteiger partial charge in [0, 0.05) is 27.7 Å². The van der Waals surface area contributed by atoms with Crippen LogP contribution in [0.4, 0.5) is 0 Å². The second-order valence-electron chi connectivity index (χ2n) is 5.40. The molecule has 1 saturated heterocycles. The standard InChI is InChI=1S/C14H14ClNO7/c15-5-1-2-8-6(3-5)7(4-16-8)14(22)10(18)9(17)13(21)23-11(14)12(19)20/h1-4,9-11,13,16-18,21-22H,(H,19,20)/t9-,10-,11-,13-,14+/m1/s1. The maximum absolute atomic E-state index is 11.4. The maximum atomic E-state index is 11.4. The second-order valence-corrected chi connectivity index (χ2v) is 5.83. The van der Waals surface area contributed by atoms with Gasteiger partial charge in [0.15, 0.2) is 18.0 Å². The van der Waals surface area contributed by atoms with E-state index in [0.29, 0.717) is 15.9 Å². The van der Waals surface area contributed by atoms with Gasteiger partial charge in [-0.3, -0.25) is 0 Å². The van der Waals surface area contributed by atoms with E-state index in [1.807, 2.05) is 0 Å². The molecular formula is C14H14ClNO7. The van der Waals surface area contributed by atoms with Crippen LogP contribution in [0.1, 0.15) is 5.56 Å². The van der Waals surface area contributed by atoms with Crippen LogP contribution in [0.2, 0.25) is 5.02 Å². The van der Waals surface area contributed by atoms with Crippen molar-refractivity contribution in [2.24, 2.45) is 0 Å². The molecule has 1 aliphatic rings. The quantitative estimate of drug-likeness (QED) is 0.432. The summed E-state index contributed by atoms with van der Waals surface area (Å²) in [4.78, 5) is 14.3. The number of aliphatic hydroxyl groups excluding tert-OH is 3. The average molecular weight is 344 g/mol. The normalized spacial score (nSPS) is 34.7. The van der Waals surface area contributed by atoms with E-state index in [1.54, 1.807) is 12.1 Å². The van der Waals surface area contributed by atoms with Gasteiger partial charge in [-0.05, 0) is 18.2 Å². The van der Waals surface area contributed by atoms with E-state index in [0.717, 1.165) is 0 Å². The molecule has 6 N–H and O–H groups in total. The molecule has 2 heterocycles. The third kappa shape index (κ3) is 2.31. The number of aromatic nitrogens is 1. The molecule has 0 bridgehead atoms. The van der Waals surface area contributed by atoms with Crippen LogP contribution in [0, 0.1) is 0 Å². The van der Waals surface area contributed by atoms with E-state index >= 15 is 0 Å². The van der Waals surface area contributed by atoms with Crippen molar-refractivity contribution in [3.63, 3.8) is 0 Å². The zero-order valence-corrected chi connectivity index (χ0v) is 12.3. The molecule has 23 heavy (non-hydrogen) atoms. The summed E-state index contributed by atoms with van der Waals surface area (Å²) in [6.07, 6.45) is -6.52. The van der Waals surface area contributed by atoms with Crippen molar-refractivity contribution < 1.29 is 35.1 Å². The summed E-state index contributed by atoms with van der Waals surface area (Å²) >= 11 is 5.92. The fourth-order valence-corrected chi connectivity index (χ4v) is 3.04. The average Bonchev–Trinajstić information content (AvgIpc) is 2.92. The largest absolute Gasteiger partial charge is 0.479 e. The molecule has 0 amide bonds. The number of benzene rings is 1. The smallest absolute Gasteiger partial charge is 0.336 e. The van der Waals surface area contributed by atoms with Crippen molar-refractivity contribution in [3.05, 3.63) is 35.0 Å². The predicted octanol–water partition coefficient (Wildman–Crippen LogP) is -0.467. The summed E-state index contributed by atoms with van der Waals surface area (Å²) in [5.41, 5.74) is -1.97. The molecule has 1 fully saturated rings. The summed E-state index contributed by atoms with van der Waals surface area (Å²) < 4.78 is 4.80. The van der Waals surface area contributed by atoms with Gasteiger partial charge in [-0.15, -0.1) is 0 Å². The molecule has 2 aromatic rings. The van der Waals surface area contributed by atoms with E-state index in [2.05, 4.69) is 4.98 Å². The number of aromatic amines is 1. The van der Waals surface area contributed by atoms with Crippen LogP contribution in [-0.4, -0.2) is 61.1 Å². The van der Waals surface area contributed by atoms with Crippen LogP contribution >= 0.6 is 11.6 Å². The first kappa shape index (κ1) is 16.2. The molecule has 124 valence electrons. The molecule has 0 saturated carbocycles. The topological polar surface area (TPSA) is 143 Å². The number of aliphatic hydroxyl groups is 4. The van der Waals surface area contributed by atoms with Crippen molar-refractivity contribution in [1.82, 2.24) is 4.98 Å². The van der Waals surface area contributed by atoms with E-state index in [1.165, 1.54) is 12.3 Å². The summed E-state index contributed by atoms with van der Waals surface area (Å²) in [6.45, 7) is 0. The number of hydrogen-bond acceptors (Lipinski definition) is 6. The summed E-state index contributed by atoms with van der Waals surface area (Å²) in [6, 6.07) is 4.68. The van der Waals surface area contributed by atoms with Crippen molar-refractivity contribution in [3.8, 4) is 0 Å². The van der Waals surface area contributed by atoms with Gasteiger partial charge >= 0.3 is 5.97 Å². The highest BCUT2D eigenvalue weighted by molar-refractivity contribution is 6.31. The van der Waals surface area contributed by atoms with Crippen LogP contribution in [0.15, 0.2) is 24.4 Å². The number of carboxylic acids is 1. The zero-order chi connectivity index (χ0) is 16.9. The third-order valence-corrected chi connectivity index (χ3v) is 4.28. The van der Waals surface area contributed by atoms with Crippen LogP contribution in [0.25, 0.3) is 10.9 Å². The number of ether oxygens (including phenoxy) is 1. The number of hydrogen-bond donors (Lipinski definition) is 6. The van der Waals surface area contributed by atoms with Crippen molar-refractivity contribution >= 4 is 28.5 Å². The van der Waals surface area contributed by atoms with Gasteiger partial charge in [0.25, 0.3) is 0 Å². The Bertz CT molecular complexity index is 763. The highest BCUT2D eigenvalue weighted by atomic mass is 35.5. The Labute approximate surface area is 134 Å². The lowest BCUT2D eigenvalue weighted by atomic mass is 9.78. The molecule has 0 radical (unpaired) electrons. The van der Waals surface area contributed by atoms with E-state index in [4.69, 9.17) is 16.3 Å². The zero-order valence-electron chi connectivity index (χ0n) is 11.5. The first-order chi connectivity index (χ1) is 10.8. The van der Waals surface area contributed by atoms with Gasteiger partial charge in [-0.2, -0.15) is 0 Å². The van der Waals surface area contributed by atoms with Gasteiger partial charge < -0.3 is 35.3 Å². The van der Waals surface area contributed by atoms with Crippen LogP contribution < -0.4 is 0 Å². The lowest BCUT2D eigenvalue weighted by molar-refractivity contribution is -0.316. The third-order valence-electron chi connectivity index (χ3n) is 4.04. The molecule has 8 nitrogen and oxygen atoms in total. The SMILES string of the molecule is O=C(O)[C@H]1O[C@@H](O)[C@H](O)[C@@H](O)[C@@]1(O)c1c[nH]c2ccc(Cl)cc12. The Morgan fingerprint density at radius 2 is 2.00 bits per heavy atom. The Balaban J connectivity index is 2.22. The minimum absolute atomic E-state index is 0.0131. The Morgan fingerprint density at radius 1 is 1.30 bits per heavy atom. The monoisotopic (exact) mass is 343 g/mol. The van der Waals surface area contributed by atoms with Crippen LogP contribution in [0.3, 0.4) is 0 Å². The van der Waals surface area contributed by atoms with E-state index in [9.17, 15) is 30.3 Å². The fourth-order valence-electron chi connectivity index (χ4n) is 2.87. The Morgan fingerprint density at radius 3 is 2.65 bits per heavy atom. The maximum Gasteiger partial charge on any atom is 0.336 e. The van der Waals surface area contributed by atoms with Crippen LogP contribution in [0.5, 0.6) is 0 Å². The first-order valence-corrected chi connectivity index (χ1v) is 7.06. The summed E-state index contributed by atoms with van der Waals surface area (Å²) in [5, 5.41) is 50.5. The number of aliphatic carboxylic acids is 1. The van der Waals surface area contributed by atoms with Crippen LogP contribution in [-0.2, 0) is 15.1 Å². The predicted molar refractivity (Wildman–Crippen MR) is 77.7 cm³/mol. The Hall–Kier alpha value is -1.68. The molecule has 0 unspecified atom stereocenters. The number of halogens is 1. The fraction of sp³-hybridized carbons (Fsp3) is 0.357. The van der Waals surface area contributed by atoms with Crippen molar-refractivity contribution in [2.75, 3.05) is 0 Å². The van der Waals surface area contributed by atoms with Gasteiger partial charge in [0.2, 0.25) is 0 Å². The first-order valence-electron chi connectivity index (χ1n) is 6.68. The summed E-state index contributed by atoms with van der Waals surface area (Å²) in [5.74, 6) is -1.60. The molecule has 1 aromatic carbocycles. The minimum atomic E-state index is -2.49. The number of carboxylic acid groups (broad SMARTS) is 1. The molecule has 0 aliphatic carbocycles. The number of carbonyl (C=O) groups is 1. The molecule has 1 aromatic heterocycles. The number of rotatable bonds is 2. The lowest BCUT2D eigenvalue weighted by Gasteiger charge is -2.45. The van der Waals surface area contributed by atoms with E-state index < -0.39 is 36.2 Å². The molecule has 5 atom stereocenters. The number of nitrogens with one attached hydrogen (secondary N) is 1. The van der Waals surface area contributed by atoms with E-state index in [-0.39, 0.29) is 5.56 Å². The minimum Gasteiger partial charge on any atom is -0.479 e. The van der Waals surface area contributed by atoms with Gasteiger partial charge in [-0.25, -0.2) is 4.79 Å². The lowest BCUT2D eigenvalue weighted by Crippen LogP contribution is -2.65. The highest BCUT2D eigenvalue weighted by Gasteiger charge is 2.59. The van der Waals surface area contributed by atoms with Gasteiger partial charge in [0.1, 0.15) is 12.2 Å². The van der Waals surface area contributed by atoms with Gasteiger partial charge in [0.05, 0.1) is 0 Å². The van der Waals surface area contributed by atoms with Crippen molar-refractivity contribution in [2.45, 2.75) is 30.2 Å². The van der Waals surface area contributed by atoms with Crippen molar-refractivity contribution in [1.29, 1.82) is 0 Å². The molecule has 3 rings (SSSR count). The highest BCUT2D eigenvalue weighted by Crippen LogP contribution is 2.41. The number of H-pyrrole nitrogens is 1. The molecule has 1 aliphatic heterocycles. The molecular weight excluding hydrogens is 330 g/mol. The molecule has 9 heteroatoms. The second kappa shape index (κ2) is 5.45. The number of fused-ring (bicyclic) bond motifs is 1. The Kier molecular flexibility index (Phi) is 3.83.